The number of methoxy groups -OCH3 is 1. The van der Waals surface area contributed by atoms with E-state index in [0.717, 1.165) is 0 Å². The molecule has 1 amide bonds. The summed E-state index contributed by atoms with van der Waals surface area (Å²) in [5.74, 6) is -0.706. The third-order valence-corrected chi connectivity index (χ3v) is 5.44. The van der Waals surface area contributed by atoms with Crippen LogP contribution in [0.5, 0.6) is 0 Å². The normalized spacial score (nSPS) is 13.4. The summed E-state index contributed by atoms with van der Waals surface area (Å²) < 4.78 is 4.67. The van der Waals surface area contributed by atoms with Gasteiger partial charge in [-0.05, 0) is 36.6 Å². The van der Waals surface area contributed by atoms with Crippen molar-refractivity contribution in [3.8, 4) is 0 Å². The van der Waals surface area contributed by atoms with Gasteiger partial charge in [0.2, 0.25) is 5.91 Å². The topological polar surface area (TPSA) is 66.8 Å². The number of carbonyl (C=O) groups excluding carboxylic acids is 2. The number of amides is 1. The average Bonchev–Trinajstić information content (AvgIpc) is 2.69. The van der Waals surface area contributed by atoms with E-state index in [9.17, 15) is 14.7 Å². The molecule has 0 aromatic heterocycles. The van der Waals surface area contributed by atoms with Crippen molar-refractivity contribution in [3.63, 3.8) is 0 Å². The highest BCUT2D eigenvalue weighted by Gasteiger charge is 2.34. The fourth-order valence-electron chi connectivity index (χ4n) is 3.36. The monoisotopic (exact) mass is 465 g/mol. The SMILES string of the molecule is COC(=O)CCC(=O)N(CC(C)(C)C)c1ccc(Cl)cc1C(C)(O)c1ccccc1Cl. The van der Waals surface area contributed by atoms with E-state index in [1.807, 2.05) is 20.8 Å². The van der Waals surface area contributed by atoms with Gasteiger partial charge in [0.05, 0.1) is 19.2 Å². The molecule has 168 valence electrons. The summed E-state index contributed by atoms with van der Waals surface area (Å²) in [5.41, 5.74) is -0.299. The first kappa shape index (κ1) is 25.2. The Morgan fingerprint density at radius 1 is 1.00 bits per heavy atom. The van der Waals surface area contributed by atoms with Gasteiger partial charge in [0.15, 0.2) is 0 Å². The van der Waals surface area contributed by atoms with Gasteiger partial charge in [0.1, 0.15) is 5.60 Å². The number of hydrogen-bond acceptors (Lipinski definition) is 4. The Bertz CT molecular complexity index is 951. The van der Waals surface area contributed by atoms with E-state index in [0.29, 0.717) is 33.4 Å². The third kappa shape index (κ3) is 6.45. The number of rotatable bonds is 7. The van der Waals surface area contributed by atoms with Crippen LogP contribution in [0.3, 0.4) is 0 Å². The van der Waals surface area contributed by atoms with Crippen LogP contribution < -0.4 is 4.90 Å². The number of carbonyl (C=O) groups is 2. The minimum atomic E-state index is -1.52. The summed E-state index contributed by atoms with van der Waals surface area (Å²) in [7, 11) is 1.29. The Kier molecular flexibility index (Phi) is 8.15. The lowest BCUT2D eigenvalue weighted by atomic mass is 9.86. The van der Waals surface area contributed by atoms with E-state index in [1.165, 1.54) is 7.11 Å². The van der Waals surface area contributed by atoms with Crippen molar-refractivity contribution in [3.05, 3.63) is 63.6 Å². The van der Waals surface area contributed by atoms with Crippen molar-refractivity contribution in [2.75, 3.05) is 18.6 Å². The van der Waals surface area contributed by atoms with Crippen molar-refractivity contribution >= 4 is 40.8 Å². The molecular formula is C24H29Cl2NO4. The van der Waals surface area contributed by atoms with Crippen molar-refractivity contribution in [2.24, 2.45) is 5.41 Å². The van der Waals surface area contributed by atoms with Crippen LogP contribution in [0.25, 0.3) is 0 Å². The predicted molar refractivity (Wildman–Crippen MR) is 125 cm³/mol. The van der Waals surface area contributed by atoms with Gasteiger partial charge in [0.25, 0.3) is 0 Å². The van der Waals surface area contributed by atoms with Gasteiger partial charge in [-0.15, -0.1) is 0 Å². The molecule has 31 heavy (non-hydrogen) atoms. The molecule has 7 heteroatoms. The van der Waals surface area contributed by atoms with Crippen molar-refractivity contribution in [1.82, 2.24) is 0 Å². The molecular weight excluding hydrogens is 437 g/mol. The molecule has 2 aromatic rings. The highest BCUT2D eigenvalue weighted by molar-refractivity contribution is 6.31. The van der Waals surface area contributed by atoms with Crippen LogP contribution in [0.1, 0.15) is 51.7 Å². The van der Waals surface area contributed by atoms with Gasteiger partial charge in [0, 0.05) is 34.1 Å². The van der Waals surface area contributed by atoms with Gasteiger partial charge in [-0.1, -0.05) is 62.2 Å². The average molecular weight is 466 g/mol. The van der Waals surface area contributed by atoms with Crippen molar-refractivity contribution in [2.45, 2.75) is 46.1 Å². The van der Waals surface area contributed by atoms with E-state index < -0.39 is 11.6 Å². The molecule has 0 saturated heterocycles. The predicted octanol–water partition coefficient (Wildman–Crippen LogP) is 5.58. The minimum Gasteiger partial charge on any atom is -0.469 e. The van der Waals surface area contributed by atoms with Gasteiger partial charge in [-0.3, -0.25) is 9.59 Å². The Labute approximate surface area is 193 Å². The molecule has 5 nitrogen and oxygen atoms in total. The molecule has 0 fully saturated rings. The van der Waals surface area contributed by atoms with Crippen LogP contribution in [0, 0.1) is 5.41 Å². The molecule has 2 rings (SSSR count). The molecule has 1 atom stereocenters. The molecule has 1 N–H and O–H groups in total. The second-order valence-corrected chi connectivity index (χ2v) is 9.67. The van der Waals surface area contributed by atoms with E-state index >= 15 is 0 Å². The zero-order valence-electron chi connectivity index (χ0n) is 18.5. The van der Waals surface area contributed by atoms with Crippen LogP contribution >= 0.6 is 23.2 Å². The number of hydrogen-bond donors (Lipinski definition) is 1. The zero-order valence-corrected chi connectivity index (χ0v) is 20.0. The summed E-state index contributed by atoms with van der Waals surface area (Å²) in [6, 6.07) is 12.0. The number of aliphatic hydroxyl groups is 1. The lowest BCUT2D eigenvalue weighted by molar-refractivity contribution is -0.141. The van der Waals surface area contributed by atoms with Crippen LogP contribution in [0.2, 0.25) is 10.0 Å². The summed E-state index contributed by atoms with van der Waals surface area (Å²) in [4.78, 5) is 26.4. The fraction of sp³-hybridized carbons (Fsp3) is 0.417. The van der Waals surface area contributed by atoms with E-state index in [-0.39, 0.29) is 24.2 Å². The molecule has 0 radical (unpaired) electrons. The summed E-state index contributed by atoms with van der Waals surface area (Å²) in [6.07, 6.45) is -0.0428. The number of nitrogens with zero attached hydrogens (tertiary/aromatic N) is 1. The molecule has 0 aliphatic carbocycles. The summed E-state index contributed by atoms with van der Waals surface area (Å²) >= 11 is 12.7. The first-order chi connectivity index (χ1) is 14.4. The van der Waals surface area contributed by atoms with E-state index in [1.54, 1.807) is 54.3 Å². The summed E-state index contributed by atoms with van der Waals surface area (Å²) in [6.45, 7) is 8.03. The number of anilines is 1. The number of halogens is 2. The van der Waals surface area contributed by atoms with Gasteiger partial charge in [-0.2, -0.15) is 0 Å². The Morgan fingerprint density at radius 2 is 1.65 bits per heavy atom. The fourth-order valence-corrected chi connectivity index (χ4v) is 3.85. The van der Waals surface area contributed by atoms with E-state index in [4.69, 9.17) is 23.2 Å². The van der Waals surface area contributed by atoms with Gasteiger partial charge in [-0.25, -0.2) is 0 Å². The second-order valence-electron chi connectivity index (χ2n) is 8.83. The van der Waals surface area contributed by atoms with Crippen LogP contribution in [0.4, 0.5) is 5.69 Å². The number of ether oxygens (including phenoxy) is 1. The van der Waals surface area contributed by atoms with Crippen LogP contribution in [0.15, 0.2) is 42.5 Å². The summed E-state index contributed by atoms with van der Waals surface area (Å²) in [5, 5.41) is 12.4. The first-order valence-corrected chi connectivity index (χ1v) is 10.8. The Morgan fingerprint density at radius 3 is 2.23 bits per heavy atom. The lowest BCUT2D eigenvalue weighted by Gasteiger charge is -2.35. The van der Waals surface area contributed by atoms with Crippen molar-refractivity contribution < 1.29 is 19.4 Å². The zero-order chi connectivity index (χ0) is 23.4. The van der Waals surface area contributed by atoms with Gasteiger partial charge >= 0.3 is 5.97 Å². The maximum atomic E-state index is 13.2. The minimum absolute atomic E-state index is 0.0148. The highest BCUT2D eigenvalue weighted by atomic mass is 35.5. The third-order valence-electron chi connectivity index (χ3n) is 4.88. The lowest BCUT2D eigenvalue weighted by Crippen LogP contribution is -2.40. The standard InChI is InChI=1S/C24H29Cl2NO4/c1-23(2,3)15-27(21(28)12-13-22(29)31-5)20-11-10-16(25)14-18(20)24(4,30)17-8-6-7-9-19(17)26/h6-11,14,30H,12-13,15H2,1-5H3. The van der Waals surface area contributed by atoms with Gasteiger partial charge < -0.3 is 14.7 Å². The number of esters is 1. The maximum Gasteiger partial charge on any atom is 0.306 e. The molecule has 0 saturated carbocycles. The highest BCUT2D eigenvalue weighted by Crippen LogP contribution is 2.41. The van der Waals surface area contributed by atoms with Crippen LogP contribution in [-0.2, 0) is 19.9 Å². The smallest absolute Gasteiger partial charge is 0.306 e. The quantitative estimate of drug-likeness (QED) is 0.541. The maximum absolute atomic E-state index is 13.2. The molecule has 0 spiro atoms. The molecule has 0 aliphatic heterocycles. The van der Waals surface area contributed by atoms with Crippen LogP contribution in [-0.4, -0.2) is 30.6 Å². The first-order valence-electron chi connectivity index (χ1n) is 10.0. The molecule has 0 bridgehead atoms. The molecule has 0 aliphatic rings. The molecule has 2 aromatic carbocycles. The van der Waals surface area contributed by atoms with E-state index in [2.05, 4.69) is 4.74 Å². The largest absolute Gasteiger partial charge is 0.469 e. The van der Waals surface area contributed by atoms with Crippen molar-refractivity contribution in [1.29, 1.82) is 0 Å². The Balaban J connectivity index is 2.60. The molecule has 0 heterocycles. The number of benzene rings is 2. The second kappa shape index (κ2) is 10.0. The Hall–Kier alpha value is -2.08. The molecule has 1 unspecified atom stereocenters.